The molecule has 7 nitrogen and oxygen atoms in total. The van der Waals surface area contributed by atoms with Crippen molar-refractivity contribution in [2.75, 3.05) is 0 Å². The molecule has 0 fully saturated rings. The van der Waals surface area contributed by atoms with E-state index in [9.17, 15) is 9.90 Å². The minimum atomic E-state index is -2.61. The van der Waals surface area contributed by atoms with Crippen LogP contribution in [-0.2, 0) is 11.2 Å². The summed E-state index contributed by atoms with van der Waals surface area (Å²) in [6.45, 7) is 0. The van der Waals surface area contributed by atoms with Crippen molar-refractivity contribution in [3.05, 3.63) is 23.8 Å². The molecule has 0 aliphatic rings. The van der Waals surface area contributed by atoms with Crippen LogP contribution in [0.25, 0.3) is 0 Å². The van der Waals surface area contributed by atoms with E-state index in [1.54, 1.807) is 0 Å². The van der Waals surface area contributed by atoms with Gasteiger partial charge in [0.25, 0.3) is 0 Å². The molecule has 0 radical (unpaired) electrons. The lowest BCUT2D eigenvalue weighted by molar-refractivity contribution is -0.138. The zero-order chi connectivity index (χ0) is 13.0. The number of carbonyl (C=O) groups is 1. The van der Waals surface area contributed by atoms with Crippen LogP contribution in [0.2, 0.25) is 0 Å². The number of nitrogens with two attached hydrogens (primary N) is 1. The quantitative estimate of drug-likeness (QED) is 0.469. The fourth-order valence-corrected chi connectivity index (χ4v) is 1.53. The van der Waals surface area contributed by atoms with Gasteiger partial charge < -0.3 is 30.3 Å². The maximum Gasteiger partial charge on any atom is 0.391 e. The highest BCUT2D eigenvalue weighted by atomic mass is 31.2. The molecule has 1 unspecified atom stereocenters. The molecular formula is C9H12NO6P. The number of aliphatic carboxylic acids is 1. The zero-order valence-corrected chi connectivity index (χ0v) is 9.54. The first-order valence-corrected chi connectivity index (χ1v) is 5.73. The molecule has 1 aromatic carbocycles. The predicted octanol–water partition coefficient (Wildman–Crippen LogP) is -0.0631. The van der Waals surface area contributed by atoms with Crippen LogP contribution in [0.5, 0.6) is 11.5 Å². The Balaban J connectivity index is 2.78. The number of rotatable bonds is 5. The highest BCUT2D eigenvalue weighted by molar-refractivity contribution is 7.39. The van der Waals surface area contributed by atoms with Gasteiger partial charge in [-0.25, -0.2) is 0 Å². The molecule has 17 heavy (non-hydrogen) atoms. The van der Waals surface area contributed by atoms with Crippen molar-refractivity contribution in [3.8, 4) is 11.5 Å². The molecule has 8 heteroatoms. The maximum absolute atomic E-state index is 10.5. The molecule has 0 aliphatic carbocycles. The number of hydrogen-bond acceptors (Lipinski definition) is 6. The predicted molar refractivity (Wildman–Crippen MR) is 59.4 cm³/mol. The Bertz CT molecular complexity index is 410. The first-order valence-electron chi connectivity index (χ1n) is 4.56. The lowest BCUT2D eigenvalue weighted by Gasteiger charge is -2.10. The SMILES string of the molecule is NC(Cc1ccc(OP(O)O)c(O)c1)C(=O)O. The topological polar surface area (TPSA) is 133 Å². The van der Waals surface area contributed by atoms with Gasteiger partial charge >= 0.3 is 14.6 Å². The standard InChI is InChI=1S/C9H12NO6P/c10-6(9(12)13)3-5-1-2-8(7(11)4-5)16-17(14)15/h1-2,4,6,11,14-15H,3,10H2,(H,12,13). The summed E-state index contributed by atoms with van der Waals surface area (Å²) in [6, 6.07) is 2.99. The molecule has 1 rings (SSSR count). The lowest BCUT2D eigenvalue weighted by Crippen LogP contribution is -2.32. The first kappa shape index (κ1) is 13.7. The average Bonchev–Trinajstić information content (AvgIpc) is 2.21. The highest BCUT2D eigenvalue weighted by Crippen LogP contribution is 2.35. The van der Waals surface area contributed by atoms with Crippen molar-refractivity contribution >= 4 is 14.6 Å². The summed E-state index contributed by atoms with van der Waals surface area (Å²) in [5.74, 6) is -1.54. The van der Waals surface area contributed by atoms with E-state index >= 15 is 0 Å². The van der Waals surface area contributed by atoms with E-state index in [-0.39, 0.29) is 17.9 Å². The van der Waals surface area contributed by atoms with E-state index in [4.69, 9.17) is 20.6 Å². The Morgan fingerprint density at radius 1 is 1.47 bits per heavy atom. The van der Waals surface area contributed by atoms with Gasteiger partial charge in [0.1, 0.15) is 6.04 Å². The van der Waals surface area contributed by atoms with Crippen LogP contribution in [0.4, 0.5) is 0 Å². The molecule has 0 saturated heterocycles. The van der Waals surface area contributed by atoms with E-state index in [0.717, 1.165) is 0 Å². The van der Waals surface area contributed by atoms with Crippen LogP contribution in [0.15, 0.2) is 18.2 Å². The van der Waals surface area contributed by atoms with Crippen LogP contribution in [0.1, 0.15) is 5.56 Å². The van der Waals surface area contributed by atoms with Gasteiger partial charge in [-0.3, -0.25) is 4.79 Å². The van der Waals surface area contributed by atoms with Crippen LogP contribution in [-0.4, -0.2) is 32.0 Å². The van der Waals surface area contributed by atoms with Gasteiger partial charge in [0.05, 0.1) is 0 Å². The normalized spacial score (nSPS) is 12.5. The number of carboxylic acid groups (broad SMARTS) is 1. The van der Waals surface area contributed by atoms with Crippen molar-refractivity contribution in [3.63, 3.8) is 0 Å². The minimum Gasteiger partial charge on any atom is -0.504 e. The molecule has 0 spiro atoms. The second kappa shape index (κ2) is 5.79. The van der Waals surface area contributed by atoms with Crippen LogP contribution < -0.4 is 10.3 Å². The number of carboxylic acids is 1. The Labute approximate surface area is 98.1 Å². The second-order valence-corrected chi connectivity index (χ2v) is 3.98. The van der Waals surface area contributed by atoms with E-state index in [1.807, 2.05) is 0 Å². The summed E-state index contributed by atoms with van der Waals surface area (Å²) in [5, 5.41) is 18.1. The van der Waals surface area contributed by atoms with Gasteiger partial charge in [-0.1, -0.05) is 6.07 Å². The largest absolute Gasteiger partial charge is 0.504 e. The molecule has 0 saturated carbocycles. The number of phenolic OH excluding ortho intramolecular Hbond substituents is 1. The number of phenols is 1. The third kappa shape index (κ3) is 4.16. The summed E-state index contributed by atoms with van der Waals surface area (Å²) in [4.78, 5) is 27.7. The third-order valence-corrected chi connectivity index (χ3v) is 2.34. The maximum atomic E-state index is 10.5. The molecule has 0 bridgehead atoms. The smallest absolute Gasteiger partial charge is 0.391 e. The summed E-state index contributed by atoms with van der Waals surface area (Å²) in [7, 11) is -2.61. The van der Waals surface area contributed by atoms with Gasteiger partial charge in [-0.15, -0.1) is 0 Å². The molecule has 0 heterocycles. The Hall–Kier alpha value is -1.40. The lowest BCUT2D eigenvalue weighted by atomic mass is 10.1. The van der Waals surface area contributed by atoms with Gasteiger partial charge in [-0.05, 0) is 24.1 Å². The Kier molecular flexibility index (Phi) is 4.65. The van der Waals surface area contributed by atoms with Crippen LogP contribution in [0, 0.1) is 0 Å². The molecule has 0 aliphatic heterocycles. The minimum absolute atomic E-state index is 0.0518. The van der Waals surface area contributed by atoms with E-state index in [2.05, 4.69) is 4.52 Å². The molecule has 0 amide bonds. The molecule has 0 aromatic heterocycles. The van der Waals surface area contributed by atoms with Crippen molar-refractivity contribution in [2.24, 2.45) is 5.73 Å². The molecule has 6 N–H and O–H groups in total. The van der Waals surface area contributed by atoms with Crippen molar-refractivity contribution < 1.29 is 29.3 Å². The molecule has 94 valence electrons. The third-order valence-electron chi connectivity index (χ3n) is 1.98. The van der Waals surface area contributed by atoms with Crippen molar-refractivity contribution in [1.82, 2.24) is 0 Å². The van der Waals surface area contributed by atoms with Gasteiger partial charge in [-0.2, -0.15) is 0 Å². The number of benzene rings is 1. The summed E-state index contributed by atoms with van der Waals surface area (Å²) in [5.41, 5.74) is 5.83. The van der Waals surface area contributed by atoms with Crippen molar-refractivity contribution in [1.29, 1.82) is 0 Å². The van der Waals surface area contributed by atoms with Gasteiger partial charge in [0.15, 0.2) is 11.5 Å². The van der Waals surface area contributed by atoms with Gasteiger partial charge in [0, 0.05) is 0 Å². The highest BCUT2D eigenvalue weighted by Gasteiger charge is 2.14. The van der Waals surface area contributed by atoms with Gasteiger partial charge in [0.2, 0.25) is 0 Å². The first-order chi connectivity index (χ1) is 7.90. The monoisotopic (exact) mass is 261 g/mol. The van der Waals surface area contributed by atoms with E-state index < -0.39 is 20.6 Å². The Morgan fingerprint density at radius 3 is 2.59 bits per heavy atom. The Morgan fingerprint density at radius 2 is 2.12 bits per heavy atom. The zero-order valence-electron chi connectivity index (χ0n) is 8.65. The summed E-state index contributed by atoms with van der Waals surface area (Å²) >= 11 is 0. The summed E-state index contributed by atoms with van der Waals surface area (Å²) < 4.78 is 4.53. The van der Waals surface area contributed by atoms with E-state index in [1.165, 1.54) is 18.2 Å². The van der Waals surface area contributed by atoms with Crippen LogP contribution >= 0.6 is 8.60 Å². The average molecular weight is 261 g/mol. The van der Waals surface area contributed by atoms with Crippen molar-refractivity contribution in [2.45, 2.75) is 12.5 Å². The van der Waals surface area contributed by atoms with Crippen LogP contribution in [0.3, 0.4) is 0 Å². The fourth-order valence-electron chi connectivity index (χ4n) is 1.20. The fraction of sp³-hybridized carbons (Fsp3) is 0.222. The number of hydrogen-bond donors (Lipinski definition) is 5. The van der Waals surface area contributed by atoms with E-state index in [0.29, 0.717) is 5.56 Å². The molecule has 1 atom stereocenters. The molecule has 1 aromatic rings. The number of aromatic hydroxyl groups is 1. The summed E-state index contributed by atoms with van der Waals surface area (Å²) in [6.07, 6.45) is 0.0518. The molecular weight excluding hydrogens is 249 g/mol. The second-order valence-electron chi connectivity index (χ2n) is 3.29.